The van der Waals surface area contributed by atoms with Crippen molar-refractivity contribution >= 4 is 35.0 Å². The van der Waals surface area contributed by atoms with Crippen LogP contribution in [0.5, 0.6) is 0 Å². The van der Waals surface area contributed by atoms with Gasteiger partial charge in [0.2, 0.25) is 0 Å². The van der Waals surface area contributed by atoms with E-state index in [-0.39, 0.29) is 15.6 Å². The van der Waals surface area contributed by atoms with Gasteiger partial charge in [-0.3, -0.25) is 20.4 Å². The molecule has 2 aromatic rings. The average Bonchev–Trinajstić information content (AvgIpc) is 2.47. The lowest BCUT2D eigenvalue weighted by molar-refractivity contribution is 0.0844. The molecule has 0 aliphatic carbocycles. The van der Waals surface area contributed by atoms with E-state index in [0.29, 0.717) is 6.07 Å². The highest BCUT2D eigenvalue weighted by molar-refractivity contribution is 6.35. The van der Waals surface area contributed by atoms with Crippen LogP contribution in [-0.4, -0.2) is 11.8 Å². The predicted molar refractivity (Wildman–Crippen MR) is 77.8 cm³/mol. The van der Waals surface area contributed by atoms with E-state index in [9.17, 15) is 18.4 Å². The molecule has 2 rings (SSSR count). The van der Waals surface area contributed by atoms with Crippen LogP contribution >= 0.6 is 23.2 Å². The van der Waals surface area contributed by atoms with Crippen molar-refractivity contribution in [1.82, 2.24) is 10.9 Å². The highest BCUT2D eigenvalue weighted by atomic mass is 35.5. The van der Waals surface area contributed by atoms with Gasteiger partial charge >= 0.3 is 0 Å². The van der Waals surface area contributed by atoms with Crippen LogP contribution in [0.2, 0.25) is 10.0 Å². The Hall–Kier alpha value is -2.18. The van der Waals surface area contributed by atoms with Crippen molar-refractivity contribution in [3.63, 3.8) is 0 Å². The molecule has 0 spiro atoms. The molecule has 0 aliphatic heterocycles. The number of hydrogen-bond acceptors (Lipinski definition) is 2. The number of hydrogen-bond donors (Lipinski definition) is 2. The van der Waals surface area contributed by atoms with Crippen LogP contribution in [0.3, 0.4) is 0 Å². The molecular weight excluding hydrogens is 337 g/mol. The second kappa shape index (κ2) is 6.72. The van der Waals surface area contributed by atoms with Gasteiger partial charge in [0.15, 0.2) is 0 Å². The summed E-state index contributed by atoms with van der Waals surface area (Å²) in [7, 11) is 0. The van der Waals surface area contributed by atoms with Gasteiger partial charge in [0.25, 0.3) is 11.8 Å². The second-order valence-corrected chi connectivity index (χ2v) is 5.00. The van der Waals surface area contributed by atoms with Gasteiger partial charge in [-0.25, -0.2) is 8.78 Å². The van der Waals surface area contributed by atoms with Crippen LogP contribution in [0, 0.1) is 11.6 Å². The SMILES string of the molecule is O=C(NNC(=O)c1cc(Cl)ccc1Cl)c1ccc(F)cc1F. The van der Waals surface area contributed by atoms with Gasteiger partial charge in [-0.05, 0) is 30.3 Å². The molecule has 2 amide bonds. The fraction of sp³-hybridized carbons (Fsp3) is 0. The Labute approximate surface area is 134 Å². The summed E-state index contributed by atoms with van der Waals surface area (Å²) in [5.41, 5.74) is 3.69. The molecule has 0 saturated heterocycles. The Bertz CT molecular complexity index is 754. The van der Waals surface area contributed by atoms with Crippen molar-refractivity contribution in [3.05, 3.63) is 69.2 Å². The molecule has 114 valence electrons. The van der Waals surface area contributed by atoms with Gasteiger partial charge in [-0.2, -0.15) is 0 Å². The van der Waals surface area contributed by atoms with Gasteiger partial charge in [-0.15, -0.1) is 0 Å². The van der Waals surface area contributed by atoms with Crippen LogP contribution in [0.25, 0.3) is 0 Å². The third-order valence-corrected chi connectivity index (χ3v) is 3.20. The number of hydrazine groups is 1. The molecule has 8 heteroatoms. The van der Waals surface area contributed by atoms with E-state index in [4.69, 9.17) is 23.2 Å². The zero-order chi connectivity index (χ0) is 16.3. The van der Waals surface area contributed by atoms with Crippen LogP contribution in [0.15, 0.2) is 36.4 Å². The maximum atomic E-state index is 13.4. The molecular formula is C14H8Cl2F2N2O2. The maximum absolute atomic E-state index is 13.4. The molecule has 0 fully saturated rings. The van der Waals surface area contributed by atoms with Crippen LogP contribution < -0.4 is 10.9 Å². The number of rotatable bonds is 2. The number of halogens is 4. The van der Waals surface area contributed by atoms with E-state index < -0.39 is 29.0 Å². The number of carbonyl (C=O) groups is 2. The standard InChI is InChI=1S/C14H8Cl2F2N2O2/c15-7-1-4-11(16)10(5-7)14(22)20-19-13(21)9-3-2-8(17)6-12(9)18/h1-6H,(H,19,21)(H,20,22). The normalized spacial score (nSPS) is 10.2. The third-order valence-electron chi connectivity index (χ3n) is 2.64. The predicted octanol–water partition coefficient (Wildman–Crippen LogP) is 3.35. The fourth-order valence-corrected chi connectivity index (χ4v) is 1.97. The Balaban J connectivity index is 2.07. The molecule has 0 unspecified atom stereocenters. The number of carbonyl (C=O) groups excluding carboxylic acids is 2. The van der Waals surface area contributed by atoms with E-state index in [1.54, 1.807) is 0 Å². The molecule has 2 N–H and O–H groups in total. The Morgan fingerprint density at radius 2 is 1.50 bits per heavy atom. The maximum Gasteiger partial charge on any atom is 0.272 e. The first-order valence-electron chi connectivity index (χ1n) is 5.89. The first-order chi connectivity index (χ1) is 10.4. The summed E-state index contributed by atoms with van der Waals surface area (Å²) in [6.45, 7) is 0. The molecule has 22 heavy (non-hydrogen) atoms. The summed E-state index contributed by atoms with van der Waals surface area (Å²) >= 11 is 11.6. The minimum Gasteiger partial charge on any atom is -0.267 e. The van der Waals surface area contributed by atoms with Crippen molar-refractivity contribution in [1.29, 1.82) is 0 Å². The summed E-state index contributed by atoms with van der Waals surface area (Å²) in [6.07, 6.45) is 0. The van der Waals surface area contributed by atoms with E-state index in [1.807, 2.05) is 5.43 Å². The molecule has 0 heterocycles. The number of amides is 2. The molecule has 4 nitrogen and oxygen atoms in total. The molecule has 0 radical (unpaired) electrons. The zero-order valence-electron chi connectivity index (χ0n) is 10.8. The number of nitrogens with one attached hydrogen (secondary N) is 2. The lowest BCUT2D eigenvalue weighted by atomic mass is 10.2. The van der Waals surface area contributed by atoms with E-state index in [0.717, 1.165) is 12.1 Å². The van der Waals surface area contributed by atoms with Crippen molar-refractivity contribution in [2.24, 2.45) is 0 Å². The van der Waals surface area contributed by atoms with Gasteiger partial charge in [-0.1, -0.05) is 23.2 Å². The van der Waals surface area contributed by atoms with Crippen LogP contribution in [-0.2, 0) is 0 Å². The minimum atomic E-state index is -1.05. The molecule has 0 saturated carbocycles. The minimum absolute atomic E-state index is 0.0362. The van der Waals surface area contributed by atoms with Crippen LogP contribution in [0.4, 0.5) is 8.78 Å². The number of benzene rings is 2. The quantitative estimate of drug-likeness (QED) is 0.821. The van der Waals surface area contributed by atoms with Crippen molar-refractivity contribution < 1.29 is 18.4 Å². The molecule has 0 bridgehead atoms. The van der Waals surface area contributed by atoms with E-state index >= 15 is 0 Å². The summed E-state index contributed by atoms with van der Waals surface area (Å²) in [5, 5.41) is 0.412. The first kappa shape index (κ1) is 16.2. The summed E-state index contributed by atoms with van der Waals surface area (Å²) in [4.78, 5) is 23.6. The average molecular weight is 345 g/mol. The van der Waals surface area contributed by atoms with Gasteiger partial charge < -0.3 is 0 Å². The van der Waals surface area contributed by atoms with Crippen molar-refractivity contribution in [3.8, 4) is 0 Å². The highest BCUT2D eigenvalue weighted by Crippen LogP contribution is 2.20. The van der Waals surface area contributed by atoms with E-state index in [1.165, 1.54) is 18.2 Å². The highest BCUT2D eigenvalue weighted by Gasteiger charge is 2.15. The lowest BCUT2D eigenvalue weighted by Gasteiger charge is -2.09. The largest absolute Gasteiger partial charge is 0.272 e. The first-order valence-corrected chi connectivity index (χ1v) is 6.65. The van der Waals surface area contributed by atoms with Gasteiger partial charge in [0.05, 0.1) is 16.1 Å². The van der Waals surface area contributed by atoms with Crippen LogP contribution in [0.1, 0.15) is 20.7 Å². The second-order valence-electron chi connectivity index (χ2n) is 4.16. The smallest absolute Gasteiger partial charge is 0.267 e. The van der Waals surface area contributed by atoms with E-state index in [2.05, 4.69) is 5.43 Å². The zero-order valence-corrected chi connectivity index (χ0v) is 12.3. The molecule has 2 aromatic carbocycles. The monoisotopic (exact) mass is 344 g/mol. The summed E-state index contributed by atoms with van der Waals surface area (Å²) in [6, 6.07) is 6.66. The summed E-state index contributed by atoms with van der Waals surface area (Å²) in [5.74, 6) is -3.54. The summed E-state index contributed by atoms with van der Waals surface area (Å²) < 4.78 is 26.2. The molecule has 0 aliphatic rings. The van der Waals surface area contributed by atoms with Crippen molar-refractivity contribution in [2.45, 2.75) is 0 Å². The Kier molecular flexibility index (Phi) is 4.95. The Morgan fingerprint density at radius 1 is 0.864 bits per heavy atom. The van der Waals surface area contributed by atoms with Gasteiger partial charge in [0, 0.05) is 11.1 Å². The van der Waals surface area contributed by atoms with Crippen molar-refractivity contribution in [2.75, 3.05) is 0 Å². The molecule has 0 aromatic heterocycles. The molecule has 0 atom stereocenters. The third kappa shape index (κ3) is 3.72. The topological polar surface area (TPSA) is 58.2 Å². The van der Waals surface area contributed by atoms with Gasteiger partial charge in [0.1, 0.15) is 11.6 Å². The fourth-order valence-electron chi connectivity index (χ4n) is 1.59. The lowest BCUT2D eigenvalue weighted by Crippen LogP contribution is -2.42. The Morgan fingerprint density at radius 3 is 2.14 bits per heavy atom.